The Morgan fingerprint density at radius 2 is 1.79 bits per heavy atom. The molecule has 4 bridgehead atoms. The van der Waals surface area contributed by atoms with Gasteiger partial charge in [-0.05, 0) is 72.7 Å². The maximum absolute atomic E-state index is 6.43. The molecule has 1 saturated heterocycles. The highest BCUT2D eigenvalue weighted by atomic mass is 32.1. The Hall–Kier alpha value is -0.930. The third kappa shape index (κ3) is 2.80. The van der Waals surface area contributed by atoms with E-state index in [4.69, 9.17) is 18.0 Å². The van der Waals surface area contributed by atoms with Crippen LogP contribution in [0.4, 0.5) is 0 Å². The van der Waals surface area contributed by atoms with E-state index < -0.39 is 0 Å². The van der Waals surface area contributed by atoms with Gasteiger partial charge in [-0.1, -0.05) is 63.3 Å². The van der Waals surface area contributed by atoms with E-state index in [0.717, 1.165) is 25.4 Å². The van der Waals surface area contributed by atoms with Crippen molar-refractivity contribution in [2.75, 3.05) is 13.1 Å². The Labute approximate surface area is 176 Å². The molecule has 0 spiro atoms. The summed E-state index contributed by atoms with van der Waals surface area (Å²) in [6.45, 7) is 9.26. The molecule has 0 aromatic heterocycles. The fraction of sp³-hybridized carbons (Fsp3) is 0.720. The van der Waals surface area contributed by atoms with Crippen molar-refractivity contribution in [3.8, 4) is 0 Å². The molecule has 5 fully saturated rings. The van der Waals surface area contributed by atoms with Crippen LogP contribution in [0.1, 0.15) is 71.3 Å². The molecule has 5 atom stereocenters. The highest BCUT2D eigenvalue weighted by Gasteiger charge is 2.64. The summed E-state index contributed by atoms with van der Waals surface area (Å²) in [4.78, 5) is 3.84. The van der Waals surface area contributed by atoms with Crippen LogP contribution in [0.5, 0.6) is 0 Å². The topological polar surface area (TPSA) is 29.3 Å². The second kappa shape index (κ2) is 6.04. The van der Waals surface area contributed by atoms with Gasteiger partial charge >= 0.3 is 0 Å². The van der Waals surface area contributed by atoms with Crippen molar-refractivity contribution in [1.29, 1.82) is 0 Å². The lowest BCUT2D eigenvalue weighted by atomic mass is 9.38. The minimum absolute atomic E-state index is 0.144. The number of rotatable bonds is 2. The monoisotopic (exact) mass is 396 g/mol. The first-order chi connectivity index (χ1) is 13.2. The van der Waals surface area contributed by atoms with E-state index in [2.05, 4.69) is 56.0 Å². The molecule has 0 radical (unpaired) electrons. The van der Waals surface area contributed by atoms with Gasteiger partial charge in [-0.3, -0.25) is 0 Å². The molecule has 1 aliphatic heterocycles. The van der Waals surface area contributed by atoms with Crippen molar-refractivity contribution < 1.29 is 0 Å². The van der Waals surface area contributed by atoms with Crippen molar-refractivity contribution in [3.05, 3.63) is 35.9 Å². The number of nitrogens with zero attached hydrogens (tertiary/aromatic N) is 1. The molecule has 152 valence electrons. The summed E-state index contributed by atoms with van der Waals surface area (Å²) in [7, 11) is 0. The van der Waals surface area contributed by atoms with Gasteiger partial charge < -0.3 is 10.6 Å². The van der Waals surface area contributed by atoms with Crippen LogP contribution in [-0.4, -0.2) is 29.0 Å². The zero-order chi connectivity index (χ0) is 19.8. The Morgan fingerprint density at radius 3 is 2.46 bits per heavy atom. The normalized spacial score (nSPS) is 43.9. The van der Waals surface area contributed by atoms with Gasteiger partial charge in [0, 0.05) is 24.5 Å². The van der Waals surface area contributed by atoms with Crippen molar-refractivity contribution in [2.45, 2.75) is 77.2 Å². The number of likely N-dealkylation sites (tertiary alicyclic amines) is 1. The highest BCUT2D eigenvalue weighted by Crippen LogP contribution is 2.70. The van der Waals surface area contributed by atoms with Crippen molar-refractivity contribution in [3.63, 3.8) is 0 Å². The molecule has 5 aliphatic rings. The average Bonchev–Trinajstić information content (AvgIpc) is 2.62. The number of hydrogen-bond acceptors (Lipinski definition) is 2. The molecule has 2 nitrogen and oxygen atoms in total. The Balaban J connectivity index is 1.50. The van der Waals surface area contributed by atoms with E-state index in [1.54, 1.807) is 5.56 Å². The van der Waals surface area contributed by atoms with Crippen LogP contribution in [0, 0.1) is 22.2 Å². The van der Waals surface area contributed by atoms with E-state index in [-0.39, 0.29) is 16.9 Å². The maximum atomic E-state index is 6.43. The Bertz CT molecular complexity index is 789. The van der Waals surface area contributed by atoms with Crippen LogP contribution in [0.25, 0.3) is 0 Å². The van der Waals surface area contributed by atoms with Crippen LogP contribution in [0.2, 0.25) is 0 Å². The molecular formula is C25H36N2S. The fourth-order valence-electron chi connectivity index (χ4n) is 8.16. The lowest BCUT2D eigenvalue weighted by Crippen LogP contribution is -2.64. The van der Waals surface area contributed by atoms with Gasteiger partial charge in [0.25, 0.3) is 0 Å². The zero-order valence-corrected chi connectivity index (χ0v) is 18.7. The number of piperidine rings is 1. The van der Waals surface area contributed by atoms with Gasteiger partial charge in [0.2, 0.25) is 0 Å². The molecule has 2 unspecified atom stereocenters. The predicted molar refractivity (Wildman–Crippen MR) is 120 cm³/mol. The summed E-state index contributed by atoms with van der Waals surface area (Å²) in [5.74, 6) is 0.833. The third-order valence-corrected chi connectivity index (χ3v) is 9.48. The summed E-state index contributed by atoms with van der Waals surface area (Å²) in [5, 5.41) is 0. The molecule has 6 rings (SSSR count). The summed E-state index contributed by atoms with van der Waals surface area (Å²) < 4.78 is 0. The van der Waals surface area contributed by atoms with Gasteiger partial charge in [-0.25, -0.2) is 0 Å². The largest absolute Gasteiger partial charge is 0.365 e. The number of benzene rings is 1. The number of thiocarbonyl (C=S) groups is 1. The molecule has 4 saturated carbocycles. The van der Waals surface area contributed by atoms with Crippen LogP contribution < -0.4 is 5.73 Å². The second-order valence-electron chi connectivity index (χ2n) is 11.9. The van der Waals surface area contributed by atoms with E-state index in [0.29, 0.717) is 10.8 Å². The smallest absolute Gasteiger partial charge is 0.0842 e. The van der Waals surface area contributed by atoms with Crippen LogP contribution >= 0.6 is 12.2 Å². The fourth-order valence-corrected chi connectivity index (χ4v) is 8.54. The van der Waals surface area contributed by atoms with Gasteiger partial charge in [-0.2, -0.15) is 0 Å². The summed E-state index contributed by atoms with van der Waals surface area (Å²) in [5.41, 5.74) is 9.14. The first-order valence-corrected chi connectivity index (χ1v) is 11.7. The van der Waals surface area contributed by atoms with Crippen LogP contribution in [-0.2, 0) is 5.41 Å². The molecule has 1 heterocycles. The van der Waals surface area contributed by atoms with Gasteiger partial charge in [0.15, 0.2) is 0 Å². The quantitative estimate of drug-likeness (QED) is 0.688. The predicted octanol–water partition coefficient (Wildman–Crippen LogP) is 5.30. The third-order valence-electron chi connectivity index (χ3n) is 8.79. The first-order valence-electron chi connectivity index (χ1n) is 11.3. The average molecular weight is 397 g/mol. The van der Waals surface area contributed by atoms with Gasteiger partial charge in [0.05, 0.1) is 4.99 Å². The van der Waals surface area contributed by atoms with Crippen LogP contribution in [0.3, 0.4) is 0 Å². The molecule has 4 aliphatic carbocycles. The summed E-state index contributed by atoms with van der Waals surface area (Å²) in [6, 6.07) is 11.7. The minimum Gasteiger partial charge on any atom is -0.365 e. The van der Waals surface area contributed by atoms with E-state index in [1.807, 2.05) is 0 Å². The highest BCUT2D eigenvalue weighted by molar-refractivity contribution is 7.80. The standard InChI is InChI=1S/C25H36N2S/c1-22(2)17-27(10-9-20(22)26)21(28)25-13-18-11-23(3,15-25)14-24(12-18,16-25)19-7-5-4-6-8-19/h4-8,18,20H,9-17,26H2,1-3H3/t18?,20-,23-,24-,25?/m0/s1. The SMILES string of the molecule is CC1(C)CN(C(=S)C23CC4C[C@](C)(C2)C[C@@](c2ccccc2)(C4)C3)CC[C@@H]1N. The van der Waals surface area contributed by atoms with Gasteiger partial charge in [0.1, 0.15) is 0 Å². The van der Waals surface area contributed by atoms with Crippen molar-refractivity contribution in [2.24, 2.45) is 27.9 Å². The summed E-state index contributed by atoms with van der Waals surface area (Å²) >= 11 is 6.34. The van der Waals surface area contributed by atoms with E-state index in [1.165, 1.54) is 43.5 Å². The van der Waals surface area contributed by atoms with Crippen LogP contribution in [0.15, 0.2) is 30.3 Å². The summed E-state index contributed by atoms with van der Waals surface area (Å²) in [6.07, 6.45) is 9.06. The molecule has 1 aromatic rings. The van der Waals surface area contributed by atoms with Gasteiger partial charge in [-0.15, -0.1) is 0 Å². The number of hydrogen-bond donors (Lipinski definition) is 1. The Morgan fingerprint density at radius 1 is 1.04 bits per heavy atom. The van der Waals surface area contributed by atoms with E-state index >= 15 is 0 Å². The molecule has 2 N–H and O–H groups in total. The molecule has 28 heavy (non-hydrogen) atoms. The van der Waals surface area contributed by atoms with Crippen molar-refractivity contribution in [1.82, 2.24) is 4.90 Å². The molecular weight excluding hydrogens is 360 g/mol. The number of nitrogens with two attached hydrogens (primary N) is 1. The molecule has 3 heteroatoms. The zero-order valence-electron chi connectivity index (χ0n) is 17.8. The Kier molecular flexibility index (Phi) is 4.11. The first kappa shape index (κ1) is 19.1. The lowest BCUT2D eigenvalue weighted by Gasteiger charge is -2.67. The molecule has 0 amide bonds. The van der Waals surface area contributed by atoms with Crippen molar-refractivity contribution >= 4 is 17.2 Å². The maximum Gasteiger partial charge on any atom is 0.0842 e. The van der Waals surface area contributed by atoms with E-state index in [9.17, 15) is 0 Å². The lowest BCUT2D eigenvalue weighted by molar-refractivity contribution is -0.0908. The minimum atomic E-state index is 0.144. The molecule has 1 aromatic carbocycles. The second-order valence-corrected chi connectivity index (χ2v) is 12.2.